The second-order valence-electron chi connectivity index (χ2n) is 4.71. The topological polar surface area (TPSA) is 48.0 Å². The van der Waals surface area contributed by atoms with Crippen LogP contribution >= 0.6 is 0 Å². The maximum atomic E-state index is 4.49. The van der Waals surface area contributed by atoms with Crippen LogP contribution < -0.4 is 0 Å². The smallest absolute Gasteiger partial charge is 0.233 e. The molecule has 0 fully saturated rings. The zero-order valence-corrected chi connectivity index (χ0v) is 10.7. The molecule has 3 heterocycles. The Morgan fingerprint density at radius 2 is 2.06 bits per heavy atom. The number of aryl methyl sites for hydroxylation is 1. The van der Waals surface area contributed by atoms with Gasteiger partial charge >= 0.3 is 0 Å². The molecule has 3 rings (SSSR count). The van der Waals surface area contributed by atoms with Crippen molar-refractivity contribution in [3.63, 3.8) is 0 Å². The van der Waals surface area contributed by atoms with Crippen molar-refractivity contribution in [1.29, 1.82) is 0 Å². The predicted octanol–water partition coefficient (Wildman–Crippen LogP) is 2.25. The molecule has 5 nitrogen and oxygen atoms in total. The fraction of sp³-hybridized carbons (Fsp3) is 0.308. The summed E-state index contributed by atoms with van der Waals surface area (Å²) in [6.07, 6.45) is 7.70. The van der Waals surface area contributed by atoms with Crippen LogP contribution in [0.2, 0.25) is 0 Å². The van der Waals surface area contributed by atoms with E-state index in [0.717, 1.165) is 22.7 Å². The number of imidazole rings is 1. The Labute approximate surface area is 105 Å². The van der Waals surface area contributed by atoms with Gasteiger partial charge < -0.3 is 0 Å². The number of aromatic nitrogens is 5. The van der Waals surface area contributed by atoms with E-state index in [1.54, 1.807) is 6.20 Å². The molecule has 0 aliphatic rings. The van der Waals surface area contributed by atoms with Gasteiger partial charge in [0.25, 0.3) is 0 Å². The molecule has 0 radical (unpaired) electrons. The average molecular weight is 241 g/mol. The molecule has 0 N–H and O–H groups in total. The van der Waals surface area contributed by atoms with E-state index in [9.17, 15) is 0 Å². The van der Waals surface area contributed by atoms with Gasteiger partial charge in [0.2, 0.25) is 5.78 Å². The first-order valence-electron chi connectivity index (χ1n) is 5.98. The summed E-state index contributed by atoms with van der Waals surface area (Å²) in [6.45, 7) is 4.26. The van der Waals surface area contributed by atoms with Gasteiger partial charge in [-0.1, -0.05) is 13.8 Å². The average Bonchev–Trinajstić information content (AvgIpc) is 2.93. The molecule has 0 unspecified atom stereocenters. The number of fused-ring (bicyclic) bond motifs is 1. The summed E-state index contributed by atoms with van der Waals surface area (Å²) < 4.78 is 3.81. The molecule has 0 spiro atoms. The van der Waals surface area contributed by atoms with Crippen molar-refractivity contribution < 1.29 is 0 Å². The Hall–Kier alpha value is -2.17. The van der Waals surface area contributed by atoms with Crippen LogP contribution in [0.3, 0.4) is 0 Å². The van der Waals surface area contributed by atoms with E-state index in [4.69, 9.17) is 0 Å². The first-order chi connectivity index (χ1) is 8.65. The van der Waals surface area contributed by atoms with Crippen molar-refractivity contribution in [3.8, 4) is 11.3 Å². The Kier molecular flexibility index (Phi) is 2.40. The quantitative estimate of drug-likeness (QED) is 0.691. The first-order valence-corrected chi connectivity index (χ1v) is 5.98. The van der Waals surface area contributed by atoms with Crippen LogP contribution in [0.5, 0.6) is 0 Å². The molecule has 0 amide bonds. The van der Waals surface area contributed by atoms with E-state index < -0.39 is 0 Å². The highest BCUT2D eigenvalue weighted by molar-refractivity contribution is 5.58. The molecular formula is C13H15N5. The van der Waals surface area contributed by atoms with Crippen LogP contribution in [0.15, 0.2) is 30.9 Å². The van der Waals surface area contributed by atoms with Gasteiger partial charge in [-0.3, -0.25) is 9.08 Å². The fourth-order valence-electron chi connectivity index (χ4n) is 1.97. The highest BCUT2D eigenvalue weighted by atomic mass is 15.3. The van der Waals surface area contributed by atoms with Gasteiger partial charge in [-0.25, -0.2) is 9.97 Å². The van der Waals surface area contributed by atoms with Gasteiger partial charge in [0.15, 0.2) is 0 Å². The van der Waals surface area contributed by atoms with E-state index in [2.05, 4.69) is 28.9 Å². The van der Waals surface area contributed by atoms with Crippen LogP contribution in [0.1, 0.15) is 25.5 Å². The summed E-state index contributed by atoms with van der Waals surface area (Å²) in [5.74, 6) is 1.15. The summed E-state index contributed by atoms with van der Waals surface area (Å²) in [5, 5.41) is 4.17. The zero-order valence-electron chi connectivity index (χ0n) is 10.7. The molecule has 18 heavy (non-hydrogen) atoms. The highest BCUT2D eigenvalue weighted by Gasteiger charge is 2.08. The summed E-state index contributed by atoms with van der Waals surface area (Å²) in [5.41, 5.74) is 3.14. The van der Waals surface area contributed by atoms with Crippen LogP contribution in [-0.4, -0.2) is 24.1 Å². The lowest BCUT2D eigenvalue weighted by Crippen LogP contribution is -1.96. The summed E-state index contributed by atoms with van der Waals surface area (Å²) in [4.78, 5) is 8.88. The monoisotopic (exact) mass is 241 g/mol. The molecule has 0 saturated carbocycles. The lowest BCUT2D eigenvalue weighted by atomic mass is 10.2. The normalized spacial score (nSPS) is 11.6. The van der Waals surface area contributed by atoms with Crippen molar-refractivity contribution in [2.45, 2.75) is 19.8 Å². The predicted molar refractivity (Wildman–Crippen MR) is 69.3 cm³/mol. The highest BCUT2D eigenvalue weighted by Crippen LogP contribution is 2.19. The Morgan fingerprint density at radius 1 is 1.22 bits per heavy atom. The third kappa shape index (κ3) is 1.68. The first kappa shape index (κ1) is 11.0. The number of rotatable bonds is 2. The van der Waals surface area contributed by atoms with Crippen molar-refractivity contribution in [3.05, 3.63) is 36.5 Å². The minimum absolute atomic E-state index is 0.409. The van der Waals surface area contributed by atoms with Crippen molar-refractivity contribution in [2.24, 2.45) is 7.05 Å². The number of hydrogen-bond acceptors (Lipinski definition) is 3. The largest absolute Gasteiger partial charge is 0.290 e. The third-order valence-corrected chi connectivity index (χ3v) is 3.04. The Balaban J connectivity index is 2.14. The van der Waals surface area contributed by atoms with Crippen LogP contribution in [-0.2, 0) is 7.05 Å². The van der Waals surface area contributed by atoms with Crippen molar-refractivity contribution >= 4 is 5.78 Å². The van der Waals surface area contributed by atoms with Crippen LogP contribution in [0.25, 0.3) is 17.0 Å². The van der Waals surface area contributed by atoms with Gasteiger partial charge in [-0.2, -0.15) is 5.10 Å². The van der Waals surface area contributed by atoms with E-state index in [1.807, 2.05) is 40.8 Å². The second-order valence-corrected chi connectivity index (χ2v) is 4.71. The second kappa shape index (κ2) is 3.94. The number of hydrogen-bond donors (Lipinski definition) is 0. The van der Waals surface area contributed by atoms with Gasteiger partial charge in [0.05, 0.1) is 11.4 Å². The van der Waals surface area contributed by atoms with Crippen LogP contribution in [0.4, 0.5) is 0 Å². The molecule has 3 aromatic rings. The van der Waals surface area contributed by atoms with E-state index >= 15 is 0 Å². The van der Waals surface area contributed by atoms with Gasteiger partial charge in [-0.15, -0.1) is 0 Å². The molecule has 0 aliphatic heterocycles. The van der Waals surface area contributed by atoms with E-state index in [-0.39, 0.29) is 0 Å². The van der Waals surface area contributed by atoms with Gasteiger partial charge in [0.1, 0.15) is 0 Å². The van der Waals surface area contributed by atoms with Crippen molar-refractivity contribution in [2.75, 3.05) is 0 Å². The SMILES string of the molecule is CC(C)c1cn2cc(-c3ccnn3C)cnc2n1. The maximum Gasteiger partial charge on any atom is 0.233 e. The molecule has 0 saturated heterocycles. The Bertz CT molecular complexity index is 692. The summed E-state index contributed by atoms with van der Waals surface area (Å²) in [7, 11) is 1.92. The lowest BCUT2D eigenvalue weighted by Gasteiger charge is -2.01. The van der Waals surface area contributed by atoms with Gasteiger partial charge in [0, 0.05) is 37.4 Å². The molecule has 3 aromatic heterocycles. The molecule has 92 valence electrons. The zero-order chi connectivity index (χ0) is 12.7. The molecule has 0 aromatic carbocycles. The van der Waals surface area contributed by atoms with Crippen molar-refractivity contribution in [1.82, 2.24) is 24.1 Å². The molecule has 5 heteroatoms. The van der Waals surface area contributed by atoms with E-state index in [1.165, 1.54) is 0 Å². The van der Waals surface area contributed by atoms with E-state index in [0.29, 0.717) is 5.92 Å². The minimum atomic E-state index is 0.409. The summed E-state index contributed by atoms with van der Waals surface area (Å²) in [6, 6.07) is 1.98. The standard InChI is InChI=1S/C13H15N5/c1-9(2)11-8-18-7-10(6-14-13(18)16-11)12-4-5-15-17(12)3/h4-9H,1-3H3. The maximum absolute atomic E-state index is 4.49. The molecule has 0 atom stereocenters. The Morgan fingerprint density at radius 3 is 2.72 bits per heavy atom. The lowest BCUT2D eigenvalue weighted by molar-refractivity contribution is 0.774. The fourth-order valence-corrected chi connectivity index (χ4v) is 1.97. The van der Waals surface area contributed by atoms with Crippen LogP contribution in [0, 0.1) is 0 Å². The summed E-state index contributed by atoms with van der Waals surface area (Å²) >= 11 is 0. The minimum Gasteiger partial charge on any atom is -0.290 e. The molecule has 0 bridgehead atoms. The van der Waals surface area contributed by atoms with Gasteiger partial charge in [-0.05, 0) is 12.0 Å². The molecular weight excluding hydrogens is 226 g/mol. The molecule has 0 aliphatic carbocycles. The third-order valence-electron chi connectivity index (χ3n) is 3.04. The number of nitrogens with zero attached hydrogens (tertiary/aromatic N) is 5.